The van der Waals surface area contributed by atoms with Crippen molar-refractivity contribution in [3.8, 4) is 22.5 Å². The van der Waals surface area contributed by atoms with E-state index in [1.807, 2.05) is 53.1 Å². The highest BCUT2D eigenvalue weighted by molar-refractivity contribution is 6.30. The van der Waals surface area contributed by atoms with Gasteiger partial charge in [-0.15, -0.1) is 10.2 Å². The molecule has 3 aromatic heterocycles. The Morgan fingerprint density at radius 2 is 1.73 bits per heavy atom. The lowest BCUT2D eigenvalue weighted by Gasteiger charge is -2.10. The van der Waals surface area contributed by atoms with Crippen LogP contribution in [0.3, 0.4) is 0 Å². The number of aryl methyl sites for hydroxylation is 1. The number of hydrogen-bond acceptors (Lipinski definition) is 5. The molecule has 1 N–H and O–H groups in total. The number of benzene rings is 2. The number of H-pyrrole nitrogens is 1. The van der Waals surface area contributed by atoms with E-state index in [1.165, 1.54) is 5.56 Å². The minimum Gasteiger partial charge on any atom is -0.290 e. The van der Waals surface area contributed by atoms with Crippen LogP contribution in [0.1, 0.15) is 36.6 Å². The van der Waals surface area contributed by atoms with Crippen molar-refractivity contribution in [2.24, 2.45) is 0 Å². The molecule has 0 aliphatic carbocycles. The number of hydrogen-bond donors (Lipinski definition) is 1. The van der Waals surface area contributed by atoms with Gasteiger partial charge in [-0.2, -0.15) is 5.21 Å². The third-order valence-corrected chi connectivity index (χ3v) is 6.93. The molecule has 0 bridgehead atoms. The lowest BCUT2D eigenvalue weighted by atomic mass is 10.00. The Balaban J connectivity index is 1.42. The Labute approximate surface area is 220 Å². The summed E-state index contributed by atoms with van der Waals surface area (Å²) in [7, 11) is 0. The maximum Gasteiger partial charge on any atom is 0.329 e. The standard InChI is InChI=1S/C28H28ClN7O/c1-2-3-9-25-26(29)35(17-15-20-7-5-4-6-8-20)28(37)36(25)19-21-10-12-22(13-11-21)23-14-16-30-18-24(23)27-31-33-34-32-27/h4-8,10-14,16,18H,2-3,9,15,17,19H2,1H3,(H,31,32,33,34). The monoisotopic (exact) mass is 513 g/mol. The Hall–Kier alpha value is -4.04. The number of nitrogens with one attached hydrogen (secondary N) is 1. The first-order chi connectivity index (χ1) is 18.2. The molecular formula is C28H28ClN7O. The molecule has 0 saturated heterocycles. The van der Waals surface area contributed by atoms with Crippen LogP contribution >= 0.6 is 11.6 Å². The Kier molecular flexibility index (Phi) is 7.56. The second kappa shape index (κ2) is 11.3. The molecule has 8 nitrogen and oxygen atoms in total. The van der Waals surface area contributed by atoms with Crippen molar-refractivity contribution in [3.63, 3.8) is 0 Å². The van der Waals surface area contributed by atoms with Crippen molar-refractivity contribution < 1.29 is 0 Å². The van der Waals surface area contributed by atoms with Crippen LogP contribution in [0.4, 0.5) is 0 Å². The molecule has 0 amide bonds. The first kappa shape index (κ1) is 24.6. The van der Waals surface area contributed by atoms with Gasteiger partial charge < -0.3 is 0 Å². The number of rotatable bonds is 10. The van der Waals surface area contributed by atoms with Crippen LogP contribution < -0.4 is 5.69 Å². The second-order valence-corrected chi connectivity index (χ2v) is 9.31. The molecule has 0 spiro atoms. The van der Waals surface area contributed by atoms with Crippen LogP contribution in [0.15, 0.2) is 77.9 Å². The molecule has 0 aliphatic rings. The van der Waals surface area contributed by atoms with Crippen molar-refractivity contribution in [3.05, 3.63) is 106 Å². The smallest absolute Gasteiger partial charge is 0.290 e. The molecule has 37 heavy (non-hydrogen) atoms. The maximum absolute atomic E-state index is 13.5. The van der Waals surface area contributed by atoms with E-state index in [1.54, 1.807) is 17.0 Å². The molecule has 0 saturated carbocycles. The van der Waals surface area contributed by atoms with Gasteiger partial charge in [0.1, 0.15) is 5.15 Å². The molecular weight excluding hydrogens is 486 g/mol. The van der Waals surface area contributed by atoms with Crippen LogP contribution in [0.25, 0.3) is 22.5 Å². The molecule has 5 aromatic rings. The molecule has 0 atom stereocenters. The summed E-state index contributed by atoms with van der Waals surface area (Å²) in [4.78, 5) is 17.7. The normalized spacial score (nSPS) is 11.2. The van der Waals surface area contributed by atoms with E-state index in [9.17, 15) is 4.79 Å². The van der Waals surface area contributed by atoms with Crippen LogP contribution in [-0.4, -0.2) is 34.7 Å². The van der Waals surface area contributed by atoms with E-state index >= 15 is 0 Å². The molecule has 188 valence electrons. The third kappa shape index (κ3) is 5.39. The fraction of sp³-hybridized carbons (Fsp3) is 0.250. The summed E-state index contributed by atoms with van der Waals surface area (Å²) in [6, 6.07) is 20.3. The van der Waals surface area contributed by atoms with E-state index < -0.39 is 0 Å². The third-order valence-electron chi connectivity index (χ3n) is 6.51. The van der Waals surface area contributed by atoms with Crippen LogP contribution in [0.2, 0.25) is 5.15 Å². The quantitative estimate of drug-likeness (QED) is 0.278. The van der Waals surface area contributed by atoms with E-state index in [2.05, 4.69) is 44.7 Å². The lowest BCUT2D eigenvalue weighted by Crippen LogP contribution is -2.26. The van der Waals surface area contributed by atoms with Crippen molar-refractivity contribution >= 4 is 11.6 Å². The fourth-order valence-corrected chi connectivity index (χ4v) is 4.86. The number of nitrogens with zero attached hydrogens (tertiary/aromatic N) is 6. The zero-order chi connectivity index (χ0) is 25.6. The Morgan fingerprint density at radius 3 is 2.46 bits per heavy atom. The number of pyridine rings is 1. The predicted molar refractivity (Wildman–Crippen MR) is 144 cm³/mol. The van der Waals surface area contributed by atoms with Crippen molar-refractivity contribution in [1.29, 1.82) is 0 Å². The highest BCUT2D eigenvalue weighted by Crippen LogP contribution is 2.29. The first-order valence-electron chi connectivity index (χ1n) is 12.4. The van der Waals surface area contributed by atoms with E-state index in [4.69, 9.17) is 11.6 Å². The van der Waals surface area contributed by atoms with Gasteiger partial charge in [-0.05, 0) is 52.8 Å². The number of aromatic amines is 1. The van der Waals surface area contributed by atoms with Gasteiger partial charge in [-0.3, -0.25) is 14.1 Å². The van der Waals surface area contributed by atoms with Crippen LogP contribution in [0.5, 0.6) is 0 Å². The summed E-state index contributed by atoms with van der Waals surface area (Å²) in [5.41, 5.74) is 5.80. The van der Waals surface area contributed by atoms with Crippen molar-refractivity contribution in [1.82, 2.24) is 34.7 Å². The molecule has 3 heterocycles. The minimum atomic E-state index is -0.0652. The Bertz CT molecular complexity index is 1510. The topological polar surface area (TPSA) is 94.3 Å². The number of imidazole rings is 1. The predicted octanol–water partition coefficient (Wildman–Crippen LogP) is 5.18. The van der Waals surface area contributed by atoms with Gasteiger partial charge in [0.25, 0.3) is 0 Å². The summed E-state index contributed by atoms with van der Waals surface area (Å²) >= 11 is 6.79. The summed E-state index contributed by atoms with van der Waals surface area (Å²) in [6.07, 6.45) is 7.00. The molecule has 5 rings (SSSR count). The summed E-state index contributed by atoms with van der Waals surface area (Å²) in [5, 5.41) is 14.9. The van der Waals surface area contributed by atoms with Crippen LogP contribution in [0, 0.1) is 0 Å². The van der Waals surface area contributed by atoms with E-state index in [0.717, 1.165) is 53.6 Å². The highest BCUT2D eigenvalue weighted by Gasteiger charge is 2.19. The largest absolute Gasteiger partial charge is 0.329 e. The van der Waals surface area contributed by atoms with Crippen molar-refractivity contribution in [2.75, 3.05) is 0 Å². The van der Waals surface area contributed by atoms with Gasteiger partial charge in [-0.25, -0.2) is 4.79 Å². The summed E-state index contributed by atoms with van der Waals surface area (Å²) in [5.74, 6) is 0.491. The fourth-order valence-electron chi connectivity index (χ4n) is 4.51. The zero-order valence-corrected chi connectivity index (χ0v) is 21.4. The molecule has 0 fully saturated rings. The maximum atomic E-state index is 13.5. The van der Waals surface area contributed by atoms with E-state index in [-0.39, 0.29) is 5.69 Å². The van der Waals surface area contributed by atoms with Gasteiger partial charge in [0.2, 0.25) is 5.82 Å². The second-order valence-electron chi connectivity index (χ2n) is 8.95. The molecule has 0 unspecified atom stereocenters. The first-order valence-corrected chi connectivity index (χ1v) is 12.8. The average molecular weight is 514 g/mol. The van der Waals surface area contributed by atoms with Gasteiger partial charge in [-0.1, -0.05) is 79.5 Å². The molecule has 2 aromatic carbocycles. The lowest BCUT2D eigenvalue weighted by molar-refractivity contribution is 0.626. The number of halogens is 1. The van der Waals surface area contributed by atoms with Gasteiger partial charge >= 0.3 is 5.69 Å². The average Bonchev–Trinajstić information content (AvgIpc) is 3.55. The summed E-state index contributed by atoms with van der Waals surface area (Å²) in [6.45, 7) is 3.15. The number of tetrazole rings is 1. The van der Waals surface area contributed by atoms with Gasteiger partial charge in [0.15, 0.2) is 0 Å². The summed E-state index contributed by atoms with van der Waals surface area (Å²) < 4.78 is 3.54. The zero-order valence-electron chi connectivity index (χ0n) is 20.6. The van der Waals surface area contributed by atoms with Crippen LogP contribution in [-0.2, 0) is 25.9 Å². The SMILES string of the molecule is CCCCc1c(Cl)n(CCc2ccccc2)c(=O)n1Cc1ccc(-c2ccncc2-c2nn[nH]n2)cc1. The Morgan fingerprint density at radius 1 is 0.919 bits per heavy atom. The molecule has 0 radical (unpaired) electrons. The highest BCUT2D eigenvalue weighted by atomic mass is 35.5. The number of unbranched alkanes of at least 4 members (excludes halogenated alkanes) is 1. The minimum absolute atomic E-state index is 0.0652. The van der Waals surface area contributed by atoms with Gasteiger partial charge in [0, 0.05) is 24.5 Å². The molecule has 9 heteroatoms. The molecule has 0 aliphatic heterocycles. The number of aromatic nitrogens is 7. The van der Waals surface area contributed by atoms with Crippen molar-refractivity contribution in [2.45, 2.75) is 45.7 Å². The van der Waals surface area contributed by atoms with Gasteiger partial charge in [0.05, 0.1) is 12.2 Å². The van der Waals surface area contributed by atoms with E-state index in [0.29, 0.717) is 24.1 Å².